The lowest BCUT2D eigenvalue weighted by molar-refractivity contribution is -0.130. The highest BCUT2D eigenvalue weighted by atomic mass is 16.2. The van der Waals surface area contributed by atoms with Gasteiger partial charge in [-0.3, -0.25) is 4.79 Å². The van der Waals surface area contributed by atoms with Crippen molar-refractivity contribution in [2.75, 3.05) is 14.1 Å². The molecule has 0 aromatic heterocycles. The second kappa shape index (κ2) is 4.88. The van der Waals surface area contributed by atoms with Gasteiger partial charge >= 0.3 is 0 Å². The SMILES string of the molecule is CN(C)C(=O)[C@H](N)c1ccc(C(C)(C)C)cc1. The standard InChI is InChI=1S/C14H22N2O/c1-14(2,3)11-8-6-10(7-9-11)12(15)13(17)16(4)5/h6-9,12H,15H2,1-5H3/t12-/m1/s1. The molecule has 0 saturated carbocycles. The normalized spacial score (nSPS) is 13.3. The van der Waals surface area contributed by atoms with Crippen LogP contribution < -0.4 is 5.73 Å². The van der Waals surface area contributed by atoms with Crippen LogP contribution in [0, 0.1) is 0 Å². The number of benzene rings is 1. The van der Waals surface area contributed by atoms with E-state index in [0.717, 1.165) is 5.56 Å². The maximum atomic E-state index is 11.7. The Hall–Kier alpha value is -1.35. The summed E-state index contributed by atoms with van der Waals surface area (Å²) in [6.45, 7) is 6.48. The van der Waals surface area contributed by atoms with E-state index >= 15 is 0 Å². The van der Waals surface area contributed by atoms with Crippen LogP contribution in [0.3, 0.4) is 0 Å². The summed E-state index contributed by atoms with van der Waals surface area (Å²) in [7, 11) is 3.43. The van der Waals surface area contributed by atoms with Crippen molar-refractivity contribution in [2.45, 2.75) is 32.2 Å². The summed E-state index contributed by atoms with van der Waals surface area (Å²) < 4.78 is 0. The molecule has 1 aromatic rings. The molecule has 0 saturated heterocycles. The largest absolute Gasteiger partial charge is 0.347 e. The number of amides is 1. The van der Waals surface area contributed by atoms with E-state index in [1.807, 2.05) is 24.3 Å². The van der Waals surface area contributed by atoms with Gasteiger partial charge in [-0.05, 0) is 16.5 Å². The molecule has 17 heavy (non-hydrogen) atoms. The van der Waals surface area contributed by atoms with E-state index in [9.17, 15) is 4.79 Å². The van der Waals surface area contributed by atoms with Gasteiger partial charge in [0.25, 0.3) is 0 Å². The molecule has 1 atom stereocenters. The van der Waals surface area contributed by atoms with Gasteiger partial charge in [-0.25, -0.2) is 0 Å². The Morgan fingerprint density at radius 3 is 2.00 bits per heavy atom. The fraction of sp³-hybridized carbons (Fsp3) is 0.500. The fourth-order valence-electron chi connectivity index (χ4n) is 1.61. The molecule has 0 aliphatic rings. The predicted molar refractivity (Wildman–Crippen MR) is 70.8 cm³/mol. The topological polar surface area (TPSA) is 46.3 Å². The van der Waals surface area contributed by atoms with E-state index < -0.39 is 6.04 Å². The first-order chi connectivity index (χ1) is 7.73. The number of likely N-dealkylation sites (N-methyl/N-ethyl adjacent to an activating group) is 1. The van der Waals surface area contributed by atoms with E-state index in [-0.39, 0.29) is 11.3 Å². The Kier molecular flexibility index (Phi) is 3.94. The Morgan fingerprint density at radius 1 is 1.18 bits per heavy atom. The maximum absolute atomic E-state index is 11.7. The molecule has 3 heteroatoms. The van der Waals surface area contributed by atoms with Gasteiger partial charge in [-0.1, -0.05) is 45.0 Å². The van der Waals surface area contributed by atoms with Crippen LogP contribution in [-0.2, 0) is 10.2 Å². The summed E-state index contributed by atoms with van der Waals surface area (Å²) in [5.74, 6) is -0.0755. The Balaban J connectivity index is 2.92. The smallest absolute Gasteiger partial charge is 0.243 e. The zero-order valence-corrected chi connectivity index (χ0v) is 11.3. The molecule has 0 bridgehead atoms. The van der Waals surface area contributed by atoms with Gasteiger partial charge in [0.1, 0.15) is 6.04 Å². The lowest BCUT2D eigenvalue weighted by Crippen LogP contribution is -2.33. The summed E-state index contributed by atoms with van der Waals surface area (Å²) >= 11 is 0. The summed E-state index contributed by atoms with van der Waals surface area (Å²) in [6, 6.07) is 7.38. The second-order valence-corrected chi connectivity index (χ2v) is 5.58. The first-order valence-corrected chi connectivity index (χ1v) is 5.80. The zero-order chi connectivity index (χ0) is 13.2. The fourth-order valence-corrected chi connectivity index (χ4v) is 1.61. The van der Waals surface area contributed by atoms with Gasteiger partial charge < -0.3 is 10.6 Å². The summed E-state index contributed by atoms with van der Waals surface area (Å²) in [5, 5.41) is 0. The Morgan fingerprint density at radius 2 is 1.65 bits per heavy atom. The van der Waals surface area contributed by atoms with E-state index in [2.05, 4.69) is 20.8 Å². The second-order valence-electron chi connectivity index (χ2n) is 5.58. The predicted octanol–water partition coefficient (Wildman–Crippen LogP) is 2.07. The van der Waals surface area contributed by atoms with Crippen LogP contribution in [0.2, 0.25) is 0 Å². The highest BCUT2D eigenvalue weighted by Gasteiger charge is 2.19. The molecular formula is C14H22N2O. The molecule has 0 spiro atoms. The van der Waals surface area contributed by atoms with Crippen molar-refractivity contribution in [2.24, 2.45) is 5.73 Å². The number of hydrogen-bond donors (Lipinski definition) is 1. The zero-order valence-electron chi connectivity index (χ0n) is 11.3. The highest BCUT2D eigenvalue weighted by molar-refractivity contribution is 5.82. The summed E-state index contributed by atoms with van der Waals surface area (Å²) in [4.78, 5) is 13.2. The third kappa shape index (κ3) is 3.30. The van der Waals surface area contributed by atoms with Gasteiger partial charge in [-0.2, -0.15) is 0 Å². The third-order valence-corrected chi connectivity index (χ3v) is 2.84. The van der Waals surface area contributed by atoms with E-state index in [0.29, 0.717) is 0 Å². The van der Waals surface area contributed by atoms with Crippen molar-refractivity contribution >= 4 is 5.91 Å². The van der Waals surface area contributed by atoms with E-state index in [1.165, 1.54) is 10.5 Å². The van der Waals surface area contributed by atoms with Crippen molar-refractivity contribution in [1.29, 1.82) is 0 Å². The van der Waals surface area contributed by atoms with Crippen molar-refractivity contribution in [3.8, 4) is 0 Å². The van der Waals surface area contributed by atoms with Crippen LogP contribution in [0.1, 0.15) is 37.9 Å². The number of nitrogens with zero attached hydrogens (tertiary/aromatic N) is 1. The number of carbonyl (C=O) groups excluding carboxylic acids is 1. The molecule has 1 amide bonds. The van der Waals surface area contributed by atoms with Gasteiger partial charge in [0, 0.05) is 14.1 Å². The Labute approximate surface area is 104 Å². The minimum Gasteiger partial charge on any atom is -0.347 e. The molecule has 0 heterocycles. The van der Waals surface area contributed by atoms with Gasteiger partial charge in [0.15, 0.2) is 0 Å². The molecule has 0 aliphatic carbocycles. The van der Waals surface area contributed by atoms with Crippen LogP contribution >= 0.6 is 0 Å². The van der Waals surface area contributed by atoms with Gasteiger partial charge in [0.2, 0.25) is 5.91 Å². The molecule has 2 N–H and O–H groups in total. The molecule has 0 radical (unpaired) electrons. The van der Waals surface area contributed by atoms with Gasteiger partial charge in [-0.15, -0.1) is 0 Å². The average molecular weight is 234 g/mol. The monoisotopic (exact) mass is 234 g/mol. The quantitative estimate of drug-likeness (QED) is 0.851. The molecule has 0 unspecified atom stereocenters. The van der Waals surface area contributed by atoms with E-state index in [1.54, 1.807) is 14.1 Å². The highest BCUT2D eigenvalue weighted by Crippen LogP contribution is 2.23. The maximum Gasteiger partial charge on any atom is 0.243 e. The van der Waals surface area contributed by atoms with Crippen molar-refractivity contribution in [1.82, 2.24) is 4.90 Å². The molecule has 1 aromatic carbocycles. The number of hydrogen-bond acceptors (Lipinski definition) is 2. The van der Waals surface area contributed by atoms with Crippen LogP contribution in [-0.4, -0.2) is 24.9 Å². The molecule has 0 fully saturated rings. The van der Waals surface area contributed by atoms with Crippen molar-refractivity contribution in [3.63, 3.8) is 0 Å². The van der Waals surface area contributed by atoms with Gasteiger partial charge in [0.05, 0.1) is 0 Å². The lowest BCUT2D eigenvalue weighted by Gasteiger charge is -2.21. The first-order valence-electron chi connectivity index (χ1n) is 5.80. The molecule has 3 nitrogen and oxygen atoms in total. The number of nitrogens with two attached hydrogens (primary N) is 1. The Bertz CT molecular complexity index is 388. The lowest BCUT2D eigenvalue weighted by atomic mass is 9.86. The van der Waals surface area contributed by atoms with E-state index in [4.69, 9.17) is 5.73 Å². The average Bonchev–Trinajstić information content (AvgIpc) is 2.26. The van der Waals surface area contributed by atoms with Crippen molar-refractivity contribution in [3.05, 3.63) is 35.4 Å². The minimum absolute atomic E-state index is 0.0755. The first kappa shape index (κ1) is 13.7. The molecular weight excluding hydrogens is 212 g/mol. The minimum atomic E-state index is -0.570. The number of carbonyl (C=O) groups is 1. The molecule has 0 aliphatic heterocycles. The van der Waals surface area contributed by atoms with Crippen LogP contribution in [0.25, 0.3) is 0 Å². The summed E-state index contributed by atoms with van der Waals surface area (Å²) in [6.07, 6.45) is 0. The van der Waals surface area contributed by atoms with Crippen molar-refractivity contribution < 1.29 is 4.79 Å². The number of rotatable bonds is 2. The van der Waals surface area contributed by atoms with Crippen LogP contribution in [0.15, 0.2) is 24.3 Å². The van der Waals surface area contributed by atoms with Crippen LogP contribution in [0.5, 0.6) is 0 Å². The summed E-state index contributed by atoms with van der Waals surface area (Å²) in [5.41, 5.74) is 8.13. The third-order valence-electron chi connectivity index (χ3n) is 2.84. The van der Waals surface area contributed by atoms with Crippen LogP contribution in [0.4, 0.5) is 0 Å². The molecule has 94 valence electrons. The molecule has 1 rings (SSSR count).